The first-order valence-electron chi connectivity index (χ1n) is 5.05. The molecule has 0 unspecified atom stereocenters. The molecule has 0 fully saturated rings. The van der Waals surface area contributed by atoms with Crippen LogP contribution in [0.4, 0.5) is 14.5 Å². The fourth-order valence-corrected chi connectivity index (χ4v) is 1.30. The van der Waals surface area contributed by atoms with Crippen molar-refractivity contribution in [3.63, 3.8) is 0 Å². The summed E-state index contributed by atoms with van der Waals surface area (Å²) in [5, 5.41) is 3.83. The highest BCUT2D eigenvalue weighted by atomic mass is 19.1. The zero-order valence-corrected chi connectivity index (χ0v) is 8.90. The maximum Gasteiger partial charge on any atom is 0.132 e. The maximum absolute atomic E-state index is 13.2. The molecular formula is C13H10F2N2. The molecule has 0 saturated heterocycles. The first kappa shape index (κ1) is 11.3. The van der Waals surface area contributed by atoms with E-state index in [1.165, 1.54) is 6.21 Å². The fraction of sp³-hybridized carbons (Fsp3) is 0. The topological polar surface area (TPSA) is 24.4 Å². The van der Waals surface area contributed by atoms with Gasteiger partial charge in [0.05, 0.1) is 11.9 Å². The predicted molar refractivity (Wildman–Crippen MR) is 64.0 cm³/mol. The summed E-state index contributed by atoms with van der Waals surface area (Å²) in [5.74, 6) is -1.00. The van der Waals surface area contributed by atoms with Gasteiger partial charge >= 0.3 is 0 Å². The largest absolute Gasteiger partial charge is 0.279 e. The average Bonchev–Trinajstić information content (AvgIpc) is 2.35. The van der Waals surface area contributed by atoms with Crippen molar-refractivity contribution in [3.05, 3.63) is 65.7 Å². The minimum Gasteiger partial charge on any atom is -0.279 e. The molecule has 0 atom stereocenters. The number of para-hydroxylation sites is 1. The summed E-state index contributed by atoms with van der Waals surface area (Å²) in [5.41, 5.74) is 3.60. The highest BCUT2D eigenvalue weighted by Crippen LogP contribution is 2.08. The zero-order valence-electron chi connectivity index (χ0n) is 8.90. The van der Waals surface area contributed by atoms with E-state index < -0.39 is 11.6 Å². The van der Waals surface area contributed by atoms with Crippen LogP contribution in [-0.4, -0.2) is 6.21 Å². The molecule has 0 heterocycles. The molecular weight excluding hydrogens is 222 g/mol. The smallest absolute Gasteiger partial charge is 0.132 e. The van der Waals surface area contributed by atoms with Crippen LogP contribution >= 0.6 is 0 Å². The van der Waals surface area contributed by atoms with Gasteiger partial charge in [-0.3, -0.25) is 5.43 Å². The minimum absolute atomic E-state index is 0.105. The Morgan fingerprint density at radius 3 is 2.53 bits per heavy atom. The molecule has 0 spiro atoms. The van der Waals surface area contributed by atoms with Crippen molar-refractivity contribution in [2.24, 2.45) is 5.10 Å². The van der Waals surface area contributed by atoms with Crippen LogP contribution in [0.2, 0.25) is 0 Å². The predicted octanol–water partition coefficient (Wildman–Crippen LogP) is 3.41. The second-order valence-corrected chi connectivity index (χ2v) is 3.40. The van der Waals surface area contributed by atoms with Gasteiger partial charge in [0, 0.05) is 5.56 Å². The van der Waals surface area contributed by atoms with E-state index >= 15 is 0 Å². The number of nitrogens with one attached hydrogen (secondary N) is 1. The number of hydrogen-bond acceptors (Lipinski definition) is 2. The molecule has 0 aliphatic heterocycles. The molecule has 0 bridgehead atoms. The summed E-state index contributed by atoms with van der Waals surface area (Å²) in [6.45, 7) is 0. The first-order chi connectivity index (χ1) is 8.25. The number of hydrogen-bond donors (Lipinski definition) is 1. The van der Waals surface area contributed by atoms with Gasteiger partial charge in [-0.15, -0.1) is 0 Å². The lowest BCUT2D eigenvalue weighted by atomic mass is 10.2. The van der Waals surface area contributed by atoms with Gasteiger partial charge in [0.15, 0.2) is 0 Å². The van der Waals surface area contributed by atoms with Crippen molar-refractivity contribution in [1.82, 2.24) is 0 Å². The van der Waals surface area contributed by atoms with Gasteiger partial charge in [0.1, 0.15) is 11.6 Å². The third kappa shape index (κ3) is 3.11. The number of anilines is 1. The Balaban J connectivity index is 2.08. The molecule has 0 radical (unpaired) electrons. The number of nitrogens with zero attached hydrogens (tertiary/aromatic N) is 1. The van der Waals surface area contributed by atoms with Crippen LogP contribution in [-0.2, 0) is 0 Å². The maximum atomic E-state index is 13.2. The fourth-order valence-electron chi connectivity index (χ4n) is 1.30. The van der Waals surface area contributed by atoms with Crippen LogP contribution in [0.3, 0.4) is 0 Å². The molecule has 0 aliphatic rings. The lowest BCUT2D eigenvalue weighted by Gasteiger charge is -1.99. The number of rotatable bonds is 3. The van der Waals surface area contributed by atoms with E-state index in [-0.39, 0.29) is 5.56 Å². The number of hydrazone groups is 1. The molecule has 4 heteroatoms. The van der Waals surface area contributed by atoms with E-state index in [0.717, 1.165) is 23.9 Å². The normalized spacial score (nSPS) is 10.7. The van der Waals surface area contributed by atoms with Gasteiger partial charge in [0.25, 0.3) is 0 Å². The van der Waals surface area contributed by atoms with Crippen molar-refractivity contribution in [3.8, 4) is 0 Å². The molecule has 2 nitrogen and oxygen atoms in total. The molecule has 0 aromatic heterocycles. The summed E-state index contributed by atoms with van der Waals surface area (Å²) in [7, 11) is 0. The molecule has 0 saturated carbocycles. The third-order valence-corrected chi connectivity index (χ3v) is 2.13. The standard InChI is InChI=1S/C13H10F2N2/c14-11-6-7-13(15)10(8-11)9-16-17-12-4-2-1-3-5-12/h1-9,17H. The van der Waals surface area contributed by atoms with Crippen molar-refractivity contribution < 1.29 is 8.78 Å². The molecule has 0 aliphatic carbocycles. The van der Waals surface area contributed by atoms with Gasteiger partial charge in [-0.1, -0.05) is 18.2 Å². The second-order valence-electron chi connectivity index (χ2n) is 3.40. The second kappa shape index (κ2) is 5.21. The summed E-state index contributed by atoms with van der Waals surface area (Å²) in [4.78, 5) is 0. The lowest BCUT2D eigenvalue weighted by molar-refractivity contribution is 0.598. The Kier molecular flexibility index (Phi) is 3.45. The summed E-state index contributed by atoms with van der Waals surface area (Å²) >= 11 is 0. The Morgan fingerprint density at radius 2 is 1.76 bits per heavy atom. The first-order valence-corrected chi connectivity index (χ1v) is 5.05. The van der Waals surface area contributed by atoms with Crippen LogP contribution in [0.25, 0.3) is 0 Å². The highest BCUT2D eigenvalue weighted by Gasteiger charge is 2.00. The summed E-state index contributed by atoms with van der Waals surface area (Å²) in [6, 6.07) is 12.4. The quantitative estimate of drug-likeness (QED) is 0.636. The summed E-state index contributed by atoms with van der Waals surface area (Å²) < 4.78 is 26.1. The monoisotopic (exact) mass is 232 g/mol. The van der Waals surface area contributed by atoms with Gasteiger partial charge in [-0.2, -0.15) is 5.10 Å². The highest BCUT2D eigenvalue weighted by molar-refractivity contribution is 5.80. The lowest BCUT2D eigenvalue weighted by Crippen LogP contribution is -1.93. The van der Waals surface area contributed by atoms with Crippen molar-refractivity contribution in [1.29, 1.82) is 0 Å². The van der Waals surface area contributed by atoms with Gasteiger partial charge < -0.3 is 0 Å². The van der Waals surface area contributed by atoms with Crippen LogP contribution < -0.4 is 5.43 Å². The molecule has 86 valence electrons. The van der Waals surface area contributed by atoms with E-state index in [4.69, 9.17) is 0 Å². The molecule has 1 N–H and O–H groups in total. The average molecular weight is 232 g/mol. The Hall–Kier alpha value is -2.23. The van der Waals surface area contributed by atoms with E-state index in [1.807, 2.05) is 30.3 Å². The van der Waals surface area contributed by atoms with Crippen LogP contribution in [0.15, 0.2) is 53.6 Å². The third-order valence-electron chi connectivity index (χ3n) is 2.13. The van der Waals surface area contributed by atoms with E-state index in [9.17, 15) is 8.78 Å². The Bertz CT molecular complexity index is 524. The van der Waals surface area contributed by atoms with Crippen molar-refractivity contribution in [2.45, 2.75) is 0 Å². The SMILES string of the molecule is Fc1ccc(F)c(C=NNc2ccccc2)c1. The molecule has 2 aromatic rings. The minimum atomic E-state index is -0.509. The number of benzene rings is 2. The van der Waals surface area contributed by atoms with Gasteiger partial charge in [0.2, 0.25) is 0 Å². The Morgan fingerprint density at radius 1 is 1.00 bits per heavy atom. The summed E-state index contributed by atoms with van der Waals surface area (Å²) in [6.07, 6.45) is 1.24. The van der Waals surface area contributed by atoms with Gasteiger partial charge in [-0.25, -0.2) is 8.78 Å². The van der Waals surface area contributed by atoms with Crippen LogP contribution in [0.5, 0.6) is 0 Å². The zero-order chi connectivity index (χ0) is 12.1. The van der Waals surface area contributed by atoms with Crippen LogP contribution in [0.1, 0.15) is 5.56 Å². The Labute approximate surface area is 97.6 Å². The van der Waals surface area contributed by atoms with E-state index in [0.29, 0.717) is 0 Å². The molecule has 2 aromatic carbocycles. The van der Waals surface area contributed by atoms with E-state index in [1.54, 1.807) is 0 Å². The molecule has 0 amide bonds. The number of halogens is 2. The molecule has 2 rings (SSSR count). The van der Waals surface area contributed by atoms with Crippen LogP contribution in [0, 0.1) is 11.6 Å². The van der Waals surface area contributed by atoms with Crippen molar-refractivity contribution in [2.75, 3.05) is 5.43 Å². The molecule has 17 heavy (non-hydrogen) atoms. The van der Waals surface area contributed by atoms with E-state index in [2.05, 4.69) is 10.5 Å². The van der Waals surface area contributed by atoms with Crippen molar-refractivity contribution >= 4 is 11.9 Å². The van der Waals surface area contributed by atoms with Gasteiger partial charge in [-0.05, 0) is 30.3 Å².